The van der Waals surface area contributed by atoms with Gasteiger partial charge in [0, 0.05) is 32.3 Å². The second kappa shape index (κ2) is 6.74. The zero-order chi connectivity index (χ0) is 22.2. The van der Waals surface area contributed by atoms with Gasteiger partial charge in [0.25, 0.3) is 0 Å². The molecular weight excluding hydrogens is 388 g/mol. The highest BCUT2D eigenvalue weighted by atomic mass is 16.7. The van der Waals surface area contributed by atoms with Crippen LogP contribution in [0.4, 0.5) is 0 Å². The fraction of sp³-hybridized carbons (Fsp3) is 0.913. The van der Waals surface area contributed by atoms with Crippen LogP contribution in [0.15, 0.2) is 0 Å². The molecule has 7 atom stereocenters. The molecule has 2 saturated carbocycles. The van der Waals surface area contributed by atoms with Crippen LogP contribution in [0, 0.1) is 16.7 Å². The normalized spacial score (nSPS) is 50.1. The van der Waals surface area contributed by atoms with Crippen molar-refractivity contribution in [1.29, 1.82) is 0 Å². The molecule has 0 aromatic rings. The van der Waals surface area contributed by atoms with Gasteiger partial charge in [-0.05, 0) is 43.9 Å². The Morgan fingerprint density at radius 1 is 1.17 bits per heavy atom. The summed E-state index contributed by atoms with van der Waals surface area (Å²) in [4.78, 5) is 25.8. The minimum absolute atomic E-state index is 0.0828. The van der Waals surface area contributed by atoms with E-state index in [4.69, 9.17) is 18.9 Å². The molecule has 2 spiro atoms. The third-order valence-corrected chi connectivity index (χ3v) is 9.08. The minimum Gasteiger partial charge on any atom is -0.448 e. The van der Waals surface area contributed by atoms with E-state index in [2.05, 4.69) is 6.92 Å². The van der Waals surface area contributed by atoms with Gasteiger partial charge in [0.2, 0.25) is 0 Å². The van der Waals surface area contributed by atoms with Crippen LogP contribution in [-0.4, -0.2) is 59.8 Å². The van der Waals surface area contributed by atoms with Crippen molar-refractivity contribution >= 4 is 11.8 Å². The summed E-state index contributed by atoms with van der Waals surface area (Å²) in [5.74, 6) is -0.688. The monoisotopic (exact) mass is 424 g/mol. The van der Waals surface area contributed by atoms with E-state index in [0.29, 0.717) is 38.7 Å². The van der Waals surface area contributed by atoms with Crippen molar-refractivity contribution < 1.29 is 33.6 Å². The second-order valence-electron chi connectivity index (χ2n) is 10.9. The first-order valence-electron chi connectivity index (χ1n) is 11.1. The predicted molar refractivity (Wildman–Crippen MR) is 108 cm³/mol. The van der Waals surface area contributed by atoms with Gasteiger partial charge in [-0.25, -0.2) is 0 Å². The molecule has 2 aliphatic heterocycles. The van der Waals surface area contributed by atoms with Gasteiger partial charge in [0.1, 0.15) is 5.60 Å². The van der Waals surface area contributed by atoms with Crippen LogP contribution in [0.25, 0.3) is 0 Å². The highest BCUT2D eigenvalue weighted by Crippen LogP contribution is 2.69. The Morgan fingerprint density at radius 3 is 2.47 bits per heavy atom. The number of hydrogen-bond acceptors (Lipinski definition) is 7. The average molecular weight is 425 g/mol. The molecule has 4 rings (SSSR count). The number of aliphatic hydroxyl groups excluding tert-OH is 1. The molecule has 2 heterocycles. The van der Waals surface area contributed by atoms with E-state index in [0.717, 1.165) is 0 Å². The van der Waals surface area contributed by atoms with Gasteiger partial charge < -0.3 is 24.1 Å². The third-order valence-electron chi connectivity index (χ3n) is 9.08. The number of carbonyl (C=O) groups is 2. The van der Waals surface area contributed by atoms with Crippen molar-refractivity contribution in [3.8, 4) is 0 Å². The first-order chi connectivity index (χ1) is 13.9. The molecule has 0 radical (unpaired) electrons. The Kier molecular flexibility index (Phi) is 4.98. The van der Waals surface area contributed by atoms with Crippen LogP contribution in [0.3, 0.4) is 0 Å². The van der Waals surface area contributed by atoms with E-state index in [1.165, 1.54) is 6.92 Å². The lowest BCUT2D eigenvalue weighted by Crippen LogP contribution is -2.75. The molecule has 4 aliphatic rings. The smallest absolute Gasteiger partial charge is 0.303 e. The first-order valence-corrected chi connectivity index (χ1v) is 11.1. The fourth-order valence-electron chi connectivity index (χ4n) is 7.26. The lowest BCUT2D eigenvalue weighted by Gasteiger charge is -2.66. The molecule has 30 heavy (non-hydrogen) atoms. The van der Waals surface area contributed by atoms with Crippen LogP contribution in [0.5, 0.6) is 0 Å². The molecule has 1 N–H and O–H groups in total. The Morgan fingerprint density at radius 2 is 1.87 bits per heavy atom. The highest BCUT2D eigenvalue weighted by molar-refractivity contribution is 5.92. The van der Waals surface area contributed by atoms with Crippen molar-refractivity contribution in [2.45, 2.75) is 102 Å². The van der Waals surface area contributed by atoms with Crippen LogP contribution in [0.2, 0.25) is 0 Å². The molecule has 7 unspecified atom stereocenters. The van der Waals surface area contributed by atoms with Crippen LogP contribution < -0.4 is 0 Å². The summed E-state index contributed by atoms with van der Waals surface area (Å²) in [5.41, 5.74) is -3.81. The van der Waals surface area contributed by atoms with Gasteiger partial charge in [-0.3, -0.25) is 9.59 Å². The standard InChI is InChI=1S/C23H36O7/c1-14(24)29-21(5)17(26)11-15-19(2,3)16(25)7-8-20(15,4)23(21)10-9-22(30-23)12-18(27-6)28-13-22/h15-16,18,25H,7-13H2,1-6H3. The summed E-state index contributed by atoms with van der Waals surface area (Å²) < 4.78 is 24.0. The van der Waals surface area contributed by atoms with Crippen LogP contribution in [-0.2, 0) is 28.5 Å². The number of ketones is 1. The number of rotatable bonds is 2. The SMILES string of the molecule is COC1CC2(CCC3(O2)C(C)(OC(C)=O)C(=O)CC2C(C)(C)C(O)CCC23C)CO1. The summed E-state index contributed by atoms with van der Waals surface area (Å²) in [7, 11) is 1.61. The zero-order valence-corrected chi connectivity index (χ0v) is 19.1. The molecule has 170 valence electrons. The number of aliphatic hydroxyl groups is 1. The summed E-state index contributed by atoms with van der Waals surface area (Å²) in [6.45, 7) is 9.73. The molecular formula is C23H36O7. The molecule has 2 saturated heterocycles. The minimum atomic E-state index is -1.38. The zero-order valence-electron chi connectivity index (χ0n) is 19.1. The molecule has 7 nitrogen and oxygen atoms in total. The van der Waals surface area contributed by atoms with E-state index in [1.54, 1.807) is 14.0 Å². The number of methoxy groups -OCH3 is 1. The lowest BCUT2D eigenvalue weighted by molar-refractivity contribution is -0.293. The van der Waals surface area contributed by atoms with Crippen molar-refractivity contribution in [2.75, 3.05) is 13.7 Å². The largest absolute Gasteiger partial charge is 0.448 e. The number of hydrogen-bond donors (Lipinski definition) is 1. The third kappa shape index (κ3) is 2.71. The second-order valence-corrected chi connectivity index (χ2v) is 10.9. The van der Waals surface area contributed by atoms with E-state index in [9.17, 15) is 14.7 Å². The Hall–Kier alpha value is -1.02. The number of esters is 1. The Labute approximate surface area is 178 Å². The lowest BCUT2D eigenvalue weighted by atomic mass is 9.42. The van der Waals surface area contributed by atoms with E-state index < -0.39 is 39.7 Å². The van der Waals surface area contributed by atoms with E-state index in [1.807, 2.05) is 13.8 Å². The molecule has 0 amide bonds. The van der Waals surface area contributed by atoms with Crippen LogP contribution in [0.1, 0.15) is 73.1 Å². The maximum absolute atomic E-state index is 13.6. The molecule has 4 fully saturated rings. The maximum Gasteiger partial charge on any atom is 0.303 e. The van der Waals surface area contributed by atoms with Gasteiger partial charge in [-0.15, -0.1) is 0 Å². The number of ether oxygens (including phenoxy) is 4. The summed E-state index contributed by atoms with van der Waals surface area (Å²) in [5, 5.41) is 10.8. The summed E-state index contributed by atoms with van der Waals surface area (Å²) >= 11 is 0. The Bertz CT molecular complexity index is 750. The van der Waals surface area contributed by atoms with Crippen LogP contribution >= 0.6 is 0 Å². The highest BCUT2D eigenvalue weighted by Gasteiger charge is 2.77. The fourth-order valence-corrected chi connectivity index (χ4v) is 7.26. The summed E-state index contributed by atoms with van der Waals surface area (Å²) in [6.07, 6.45) is 2.66. The first kappa shape index (κ1) is 22.2. The van der Waals surface area contributed by atoms with E-state index >= 15 is 0 Å². The number of carbonyl (C=O) groups excluding carboxylic acids is 2. The van der Waals surface area contributed by atoms with Gasteiger partial charge in [0.05, 0.1) is 18.3 Å². The maximum atomic E-state index is 13.6. The molecule has 7 heteroatoms. The molecule has 0 aromatic heterocycles. The van der Waals surface area contributed by atoms with Crippen molar-refractivity contribution in [1.82, 2.24) is 0 Å². The van der Waals surface area contributed by atoms with E-state index in [-0.39, 0.29) is 24.4 Å². The predicted octanol–water partition coefficient (Wildman–Crippen LogP) is 2.77. The van der Waals surface area contributed by atoms with Crippen molar-refractivity contribution in [3.05, 3.63) is 0 Å². The van der Waals surface area contributed by atoms with Gasteiger partial charge >= 0.3 is 5.97 Å². The van der Waals surface area contributed by atoms with Crippen molar-refractivity contribution in [2.24, 2.45) is 16.7 Å². The average Bonchev–Trinajstić information content (AvgIpc) is 3.26. The number of Topliss-reactive ketones (excluding diaryl/α,β-unsaturated/α-hetero) is 1. The topological polar surface area (TPSA) is 91.3 Å². The summed E-state index contributed by atoms with van der Waals surface area (Å²) in [6, 6.07) is 0. The van der Waals surface area contributed by atoms with Crippen molar-refractivity contribution in [3.63, 3.8) is 0 Å². The van der Waals surface area contributed by atoms with Gasteiger partial charge in [0.15, 0.2) is 17.7 Å². The molecule has 0 aromatic carbocycles. The Balaban J connectivity index is 1.84. The molecule has 2 aliphatic carbocycles. The van der Waals surface area contributed by atoms with Gasteiger partial charge in [-0.2, -0.15) is 0 Å². The molecule has 0 bridgehead atoms. The number of fused-ring (bicyclic) bond motifs is 2. The van der Waals surface area contributed by atoms with Gasteiger partial charge in [-0.1, -0.05) is 20.8 Å². The quantitative estimate of drug-likeness (QED) is 0.682.